The van der Waals surface area contributed by atoms with Gasteiger partial charge in [0.25, 0.3) is 0 Å². The number of carbonyl (C=O) groups excluding carboxylic acids is 1. The Kier molecular flexibility index (Phi) is 3.54. The highest BCUT2D eigenvalue weighted by molar-refractivity contribution is 7.91. The number of hydrogen-bond acceptors (Lipinski definition) is 5. The first-order valence-electron chi connectivity index (χ1n) is 5.99. The summed E-state index contributed by atoms with van der Waals surface area (Å²) in [6.45, 7) is 3.41. The monoisotopic (exact) mass is 284 g/mol. The van der Waals surface area contributed by atoms with Crippen molar-refractivity contribution in [2.75, 3.05) is 5.75 Å². The molecule has 19 heavy (non-hydrogen) atoms. The summed E-state index contributed by atoms with van der Waals surface area (Å²) in [5, 5.41) is 0. The number of hydrogen-bond donors (Lipinski definition) is 0. The van der Waals surface area contributed by atoms with Crippen molar-refractivity contribution in [2.24, 2.45) is 0 Å². The maximum atomic E-state index is 12.1. The molecule has 1 aromatic rings. The van der Waals surface area contributed by atoms with Gasteiger partial charge < -0.3 is 9.47 Å². The summed E-state index contributed by atoms with van der Waals surface area (Å²) in [5.41, 5.74) is -0.788. The number of benzene rings is 1. The van der Waals surface area contributed by atoms with Crippen LogP contribution in [-0.4, -0.2) is 32.0 Å². The van der Waals surface area contributed by atoms with Crippen LogP contribution in [0.3, 0.4) is 0 Å². The molecule has 6 heteroatoms. The van der Waals surface area contributed by atoms with E-state index in [0.717, 1.165) is 0 Å². The second kappa shape index (κ2) is 4.85. The van der Waals surface area contributed by atoms with Crippen LogP contribution in [0.2, 0.25) is 0 Å². The zero-order valence-electron chi connectivity index (χ0n) is 10.8. The van der Waals surface area contributed by atoms with Gasteiger partial charge in [-0.05, 0) is 26.0 Å². The van der Waals surface area contributed by atoms with Crippen molar-refractivity contribution in [1.82, 2.24) is 0 Å². The van der Waals surface area contributed by atoms with E-state index in [0.29, 0.717) is 0 Å². The highest BCUT2D eigenvalue weighted by Gasteiger charge is 2.44. The van der Waals surface area contributed by atoms with E-state index in [-0.39, 0.29) is 17.1 Å². The molecule has 0 spiro atoms. The molecule has 5 nitrogen and oxygen atoms in total. The summed E-state index contributed by atoms with van der Waals surface area (Å²) < 4.78 is 34.2. The minimum atomic E-state index is -3.36. The zero-order valence-corrected chi connectivity index (χ0v) is 11.6. The van der Waals surface area contributed by atoms with E-state index in [2.05, 4.69) is 0 Å². The van der Waals surface area contributed by atoms with Crippen molar-refractivity contribution in [3.63, 3.8) is 0 Å². The summed E-state index contributed by atoms with van der Waals surface area (Å²) in [4.78, 5) is 11.3. The van der Waals surface area contributed by atoms with Gasteiger partial charge in [-0.15, -0.1) is 0 Å². The molecule has 2 rings (SSSR count). The predicted molar refractivity (Wildman–Crippen MR) is 68.5 cm³/mol. The van der Waals surface area contributed by atoms with Crippen molar-refractivity contribution in [2.45, 2.75) is 36.9 Å². The lowest BCUT2D eigenvalue weighted by Gasteiger charge is -2.21. The standard InChI is InChI=1S/C13H16O5S/c1-13(2)11(17-12(14)18-13)8-9-19(15,16)10-6-4-3-5-7-10/h3-7,11H,8-9H2,1-2H3. The predicted octanol–water partition coefficient (Wildman–Crippen LogP) is 2.16. The fourth-order valence-electron chi connectivity index (χ4n) is 1.98. The Hall–Kier alpha value is -1.56. The van der Waals surface area contributed by atoms with Crippen LogP contribution in [-0.2, 0) is 19.3 Å². The molecule has 0 aliphatic carbocycles. The van der Waals surface area contributed by atoms with Gasteiger partial charge in [0.2, 0.25) is 0 Å². The lowest BCUT2D eigenvalue weighted by molar-refractivity contribution is 0.0632. The summed E-state index contributed by atoms with van der Waals surface area (Å²) in [5.74, 6) is -0.0816. The van der Waals surface area contributed by atoms with E-state index in [1.54, 1.807) is 44.2 Å². The average molecular weight is 284 g/mol. The Morgan fingerprint density at radius 1 is 1.21 bits per heavy atom. The molecule has 1 saturated heterocycles. The van der Waals surface area contributed by atoms with Crippen LogP contribution < -0.4 is 0 Å². The number of carbonyl (C=O) groups is 1. The SMILES string of the molecule is CC1(C)OC(=O)OC1CCS(=O)(=O)c1ccccc1. The van der Waals surface area contributed by atoms with Crippen LogP contribution in [0.5, 0.6) is 0 Å². The molecule has 1 aliphatic heterocycles. The molecule has 1 fully saturated rings. The van der Waals surface area contributed by atoms with Gasteiger partial charge in [0, 0.05) is 6.42 Å². The molecule has 1 atom stereocenters. The van der Waals surface area contributed by atoms with Gasteiger partial charge in [-0.3, -0.25) is 0 Å². The van der Waals surface area contributed by atoms with E-state index >= 15 is 0 Å². The second-order valence-electron chi connectivity index (χ2n) is 4.98. The summed E-state index contributed by atoms with van der Waals surface area (Å²) in [6, 6.07) is 8.22. The number of ether oxygens (including phenoxy) is 2. The maximum Gasteiger partial charge on any atom is 0.509 e. The Morgan fingerprint density at radius 3 is 2.37 bits per heavy atom. The zero-order chi connectivity index (χ0) is 14.1. The summed E-state index contributed by atoms with van der Waals surface area (Å²) >= 11 is 0. The van der Waals surface area contributed by atoms with Crippen LogP contribution in [0, 0.1) is 0 Å². The molecule has 0 saturated carbocycles. The van der Waals surface area contributed by atoms with Crippen LogP contribution in [0.25, 0.3) is 0 Å². The number of rotatable bonds is 4. The van der Waals surface area contributed by atoms with Crippen LogP contribution >= 0.6 is 0 Å². The minimum absolute atomic E-state index is 0.0816. The highest BCUT2D eigenvalue weighted by atomic mass is 32.2. The smallest absolute Gasteiger partial charge is 0.427 e. The van der Waals surface area contributed by atoms with Crippen molar-refractivity contribution >= 4 is 16.0 Å². The first-order chi connectivity index (χ1) is 8.81. The van der Waals surface area contributed by atoms with Gasteiger partial charge in [-0.25, -0.2) is 13.2 Å². The van der Waals surface area contributed by atoms with E-state index in [9.17, 15) is 13.2 Å². The van der Waals surface area contributed by atoms with Gasteiger partial charge in [-0.2, -0.15) is 0 Å². The van der Waals surface area contributed by atoms with Crippen molar-refractivity contribution < 1.29 is 22.7 Å². The van der Waals surface area contributed by atoms with E-state index in [4.69, 9.17) is 9.47 Å². The molecule has 0 amide bonds. The topological polar surface area (TPSA) is 69.7 Å². The van der Waals surface area contributed by atoms with Gasteiger partial charge >= 0.3 is 6.16 Å². The van der Waals surface area contributed by atoms with E-state index in [1.807, 2.05) is 0 Å². The largest absolute Gasteiger partial charge is 0.509 e. The average Bonchev–Trinajstić information content (AvgIpc) is 2.61. The molecule has 104 valence electrons. The van der Waals surface area contributed by atoms with Crippen LogP contribution in [0.15, 0.2) is 35.2 Å². The van der Waals surface area contributed by atoms with Gasteiger partial charge in [0.1, 0.15) is 11.7 Å². The van der Waals surface area contributed by atoms with Crippen molar-refractivity contribution in [3.05, 3.63) is 30.3 Å². The molecule has 1 heterocycles. The van der Waals surface area contributed by atoms with E-state index in [1.165, 1.54) is 0 Å². The summed E-state index contributed by atoms with van der Waals surface area (Å²) in [7, 11) is -3.36. The first-order valence-corrected chi connectivity index (χ1v) is 7.64. The van der Waals surface area contributed by atoms with Crippen LogP contribution in [0.4, 0.5) is 4.79 Å². The van der Waals surface area contributed by atoms with Crippen LogP contribution in [0.1, 0.15) is 20.3 Å². The van der Waals surface area contributed by atoms with Gasteiger partial charge in [0.05, 0.1) is 10.6 Å². The van der Waals surface area contributed by atoms with Crippen molar-refractivity contribution in [1.29, 1.82) is 0 Å². The third kappa shape index (κ3) is 3.07. The minimum Gasteiger partial charge on any atom is -0.427 e. The molecular formula is C13H16O5S. The summed E-state index contributed by atoms with van der Waals surface area (Å²) in [6.07, 6.45) is -1.07. The third-order valence-corrected chi connectivity index (χ3v) is 4.87. The molecular weight excluding hydrogens is 268 g/mol. The Labute approximate surface area is 112 Å². The number of sulfone groups is 1. The lowest BCUT2D eigenvalue weighted by Crippen LogP contribution is -2.34. The van der Waals surface area contributed by atoms with E-state index < -0.39 is 27.7 Å². The fourth-order valence-corrected chi connectivity index (χ4v) is 3.31. The first kappa shape index (κ1) is 13.9. The molecule has 0 N–H and O–H groups in total. The molecule has 0 aromatic heterocycles. The van der Waals surface area contributed by atoms with Gasteiger partial charge in [0.15, 0.2) is 9.84 Å². The molecule has 1 aliphatic rings. The molecule has 1 aromatic carbocycles. The Morgan fingerprint density at radius 2 is 1.84 bits per heavy atom. The number of cyclic esters (lactones) is 2. The Bertz CT molecular complexity index is 562. The lowest BCUT2D eigenvalue weighted by atomic mass is 10.0. The molecule has 0 radical (unpaired) electrons. The van der Waals surface area contributed by atoms with Crippen molar-refractivity contribution in [3.8, 4) is 0 Å². The molecule has 0 bridgehead atoms. The normalized spacial score (nSPS) is 21.8. The third-order valence-electron chi connectivity index (χ3n) is 3.11. The fraction of sp³-hybridized carbons (Fsp3) is 0.462. The van der Waals surface area contributed by atoms with Gasteiger partial charge in [-0.1, -0.05) is 18.2 Å². The second-order valence-corrected chi connectivity index (χ2v) is 7.09. The Balaban J connectivity index is 2.05. The highest BCUT2D eigenvalue weighted by Crippen LogP contribution is 2.29. The molecule has 1 unspecified atom stereocenters. The quantitative estimate of drug-likeness (QED) is 0.792. The maximum absolute atomic E-state index is 12.1.